The van der Waals surface area contributed by atoms with Gasteiger partial charge in [0.1, 0.15) is 11.9 Å². The van der Waals surface area contributed by atoms with E-state index in [9.17, 15) is 5.11 Å². The molecule has 0 spiro atoms. The Morgan fingerprint density at radius 3 is 2.56 bits per heavy atom. The number of hydrogen-bond donors (Lipinski definition) is 1. The maximum atomic E-state index is 10.6. The highest BCUT2D eigenvalue weighted by Crippen LogP contribution is 2.35. The molecule has 1 aromatic heterocycles. The molecule has 1 atom stereocenters. The summed E-state index contributed by atoms with van der Waals surface area (Å²) < 4.78 is 1.98. The predicted octanol–water partition coefficient (Wildman–Crippen LogP) is 2.91. The van der Waals surface area contributed by atoms with Gasteiger partial charge in [-0.2, -0.15) is 0 Å². The first kappa shape index (κ1) is 12.8. The molecule has 1 aromatic carbocycles. The molecule has 2 rings (SSSR count). The third-order valence-electron chi connectivity index (χ3n) is 3.53. The van der Waals surface area contributed by atoms with Gasteiger partial charge in [0.05, 0.1) is 0 Å². The van der Waals surface area contributed by atoms with E-state index >= 15 is 0 Å². The topological polar surface area (TPSA) is 38.0 Å². The molecule has 3 heteroatoms. The molecular formula is C15H20N2O. The maximum Gasteiger partial charge on any atom is 0.138 e. The molecule has 3 nitrogen and oxygen atoms in total. The van der Waals surface area contributed by atoms with Crippen LogP contribution in [-0.4, -0.2) is 14.7 Å². The number of aromatic nitrogens is 2. The molecule has 1 unspecified atom stereocenters. The van der Waals surface area contributed by atoms with Crippen molar-refractivity contribution in [2.45, 2.75) is 38.8 Å². The number of imidazole rings is 1. The highest BCUT2D eigenvalue weighted by molar-refractivity contribution is 5.26. The van der Waals surface area contributed by atoms with E-state index in [4.69, 9.17) is 0 Å². The van der Waals surface area contributed by atoms with Crippen LogP contribution in [0.25, 0.3) is 0 Å². The van der Waals surface area contributed by atoms with Crippen molar-refractivity contribution < 1.29 is 5.11 Å². The van der Waals surface area contributed by atoms with Crippen LogP contribution in [0, 0.1) is 0 Å². The van der Waals surface area contributed by atoms with Crippen LogP contribution in [0.15, 0.2) is 42.7 Å². The van der Waals surface area contributed by atoms with Crippen molar-refractivity contribution in [3.63, 3.8) is 0 Å². The van der Waals surface area contributed by atoms with Crippen LogP contribution in [0.2, 0.25) is 0 Å². The second-order valence-corrected chi connectivity index (χ2v) is 5.06. The molecule has 1 N–H and O–H groups in total. The summed E-state index contributed by atoms with van der Waals surface area (Å²) in [7, 11) is 0. The van der Waals surface area contributed by atoms with Crippen LogP contribution in [0.4, 0.5) is 0 Å². The number of nitrogens with zero attached hydrogens (tertiary/aromatic N) is 2. The van der Waals surface area contributed by atoms with E-state index in [1.54, 1.807) is 6.20 Å². The summed E-state index contributed by atoms with van der Waals surface area (Å²) in [5, 5.41) is 10.6. The fourth-order valence-corrected chi connectivity index (χ4v) is 2.18. The van der Waals surface area contributed by atoms with Crippen molar-refractivity contribution in [1.82, 2.24) is 9.55 Å². The van der Waals surface area contributed by atoms with Gasteiger partial charge in [0.15, 0.2) is 0 Å². The van der Waals surface area contributed by atoms with Gasteiger partial charge in [-0.15, -0.1) is 0 Å². The van der Waals surface area contributed by atoms with Crippen LogP contribution in [-0.2, 0) is 12.0 Å². The molecule has 0 aliphatic heterocycles. The SMILES string of the molecule is CCn1ccnc1C(O)C(C)(C)c1ccccc1. The molecule has 0 aliphatic rings. The minimum atomic E-state index is -0.616. The second kappa shape index (κ2) is 4.94. The molecule has 0 bridgehead atoms. The lowest BCUT2D eigenvalue weighted by Crippen LogP contribution is -2.29. The van der Waals surface area contributed by atoms with Crippen molar-refractivity contribution in [3.05, 3.63) is 54.1 Å². The first-order chi connectivity index (χ1) is 8.57. The summed E-state index contributed by atoms with van der Waals surface area (Å²) in [6.07, 6.45) is 3.03. The predicted molar refractivity (Wildman–Crippen MR) is 72.3 cm³/mol. The van der Waals surface area contributed by atoms with Crippen LogP contribution < -0.4 is 0 Å². The molecule has 0 amide bonds. The Hall–Kier alpha value is -1.61. The average molecular weight is 244 g/mol. The van der Waals surface area contributed by atoms with Gasteiger partial charge < -0.3 is 9.67 Å². The lowest BCUT2D eigenvalue weighted by atomic mass is 9.79. The van der Waals surface area contributed by atoms with E-state index in [0.29, 0.717) is 0 Å². The molecule has 18 heavy (non-hydrogen) atoms. The van der Waals surface area contributed by atoms with Gasteiger partial charge in [-0.25, -0.2) is 4.98 Å². The lowest BCUT2D eigenvalue weighted by Gasteiger charge is -2.31. The van der Waals surface area contributed by atoms with Gasteiger partial charge in [0.25, 0.3) is 0 Å². The van der Waals surface area contributed by atoms with E-state index < -0.39 is 6.10 Å². The first-order valence-corrected chi connectivity index (χ1v) is 6.32. The van der Waals surface area contributed by atoms with Crippen molar-refractivity contribution in [2.75, 3.05) is 0 Å². The fraction of sp³-hybridized carbons (Fsp3) is 0.400. The minimum Gasteiger partial charge on any atom is -0.384 e. The first-order valence-electron chi connectivity index (χ1n) is 6.32. The number of aryl methyl sites for hydroxylation is 1. The van der Waals surface area contributed by atoms with Gasteiger partial charge in [-0.05, 0) is 12.5 Å². The average Bonchev–Trinajstić information content (AvgIpc) is 2.87. The number of hydrogen-bond acceptors (Lipinski definition) is 2. The van der Waals surface area contributed by atoms with Crippen LogP contribution in [0.3, 0.4) is 0 Å². The van der Waals surface area contributed by atoms with Crippen LogP contribution in [0.1, 0.15) is 38.3 Å². The zero-order valence-electron chi connectivity index (χ0n) is 11.2. The van der Waals surface area contributed by atoms with Gasteiger partial charge in [0.2, 0.25) is 0 Å². The van der Waals surface area contributed by atoms with Gasteiger partial charge in [-0.3, -0.25) is 0 Å². The molecule has 0 aliphatic carbocycles. The van der Waals surface area contributed by atoms with E-state index in [1.165, 1.54) is 0 Å². The molecule has 0 radical (unpaired) electrons. The van der Waals surface area contributed by atoms with Gasteiger partial charge in [-0.1, -0.05) is 44.2 Å². The van der Waals surface area contributed by atoms with Crippen LogP contribution in [0.5, 0.6) is 0 Å². The Morgan fingerprint density at radius 1 is 1.28 bits per heavy atom. The summed E-state index contributed by atoms with van der Waals surface area (Å²) >= 11 is 0. The zero-order valence-corrected chi connectivity index (χ0v) is 11.2. The van der Waals surface area contributed by atoms with E-state index in [-0.39, 0.29) is 5.41 Å². The van der Waals surface area contributed by atoms with Gasteiger partial charge in [0, 0.05) is 24.4 Å². The number of aliphatic hydroxyl groups excluding tert-OH is 1. The number of aliphatic hydroxyl groups is 1. The summed E-state index contributed by atoms with van der Waals surface area (Å²) in [4.78, 5) is 4.29. The third kappa shape index (κ3) is 2.18. The van der Waals surface area contributed by atoms with E-state index in [0.717, 1.165) is 17.9 Å². The molecular weight excluding hydrogens is 224 g/mol. The lowest BCUT2D eigenvalue weighted by molar-refractivity contribution is 0.0882. The monoisotopic (exact) mass is 244 g/mol. The Labute approximate surface area is 108 Å². The largest absolute Gasteiger partial charge is 0.384 e. The highest BCUT2D eigenvalue weighted by atomic mass is 16.3. The summed E-state index contributed by atoms with van der Waals surface area (Å²) in [5.41, 5.74) is 0.752. The maximum absolute atomic E-state index is 10.6. The molecule has 0 fully saturated rings. The molecule has 1 heterocycles. The normalized spacial score (nSPS) is 13.6. The summed E-state index contributed by atoms with van der Waals surface area (Å²) in [5.74, 6) is 0.728. The molecule has 2 aromatic rings. The Balaban J connectivity index is 2.36. The summed E-state index contributed by atoms with van der Waals surface area (Å²) in [6.45, 7) is 6.95. The molecule has 0 saturated heterocycles. The van der Waals surface area contributed by atoms with Crippen molar-refractivity contribution >= 4 is 0 Å². The molecule has 96 valence electrons. The zero-order chi connectivity index (χ0) is 13.2. The highest BCUT2D eigenvalue weighted by Gasteiger charge is 2.33. The van der Waals surface area contributed by atoms with E-state index in [1.807, 2.05) is 61.9 Å². The van der Waals surface area contributed by atoms with Crippen LogP contribution >= 0.6 is 0 Å². The number of rotatable bonds is 4. The molecule has 0 saturated carbocycles. The van der Waals surface area contributed by atoms with Crippen molar-refractivity contribution in [1.29, 1.82) is 0 Å². The van der Waals surface area contributed by atoms with Crippen molar-refractivity contribution in [2.24, 2.45) is 0 Å². The number of benzene rings is 1. The van der Waals surface area contributed by atoms with Gasteiger partial charge >= 0.3 is 0 Å². The standard InChI is InChI=1S/C15H20N2O/c1-4-17-11-10-16-14(17)13(18)15(2,3)12-8-6-5-7-9-12/h5-11,13,18H,4H2,1-3H3. The van der Waals surface area contributed by atoms with E-state index in [2.05, 4.69) is 4.98 Å². The minimum absolute atomic E-state index is 0.362. The Morgan fingerprint density at radius 2 is 1.94 bits per heavy atom. The Kier molecular flexibility index (Phi) is 3.53. The fourth-order valence-electron chi connectivity index (χ4n) is 2.18. The smallest absolute Gasteiger partial charge is 0.138 e. The summed E-state index contributed by atoms with van der Waals surface area (Å²) in [6, 6.07) is 10.1. The second-order valence-electron chi connectivity index (χ2n) is 5.06. The Bertz CT molecular complexity index is 502. The van der Waals surface area contributed by atoms with Crippen molar-refractivity contribution in [3.8, 4) is 0 Å². The quantitative estimate of drug-likeness (QED) is 0.898. The third-order valence-corrected chi connectivity index (χ3v) is 3.53.